The highest BCUT2D eigenvalue weighted by Crippen LogP contribution is 2.16. The molecule has 1 aliphatic rings. The molecule has 4 nitrogen and oxygen atoms in total. The second-order valence-corrected chi connectivity index (χ2v) is 6.66. The van der Waals surface area contributed by atoms with Crippen molar-refractivity contribution in [2.75, 3.05) is 37.7 Å². The predicted molar refractivity (Wildman–Crippen MR) is 59.0 cm³/mol. The van der Waals surface area contributed by atoms with Crippen molar-refractivity contribution >= 4 is 9.84 Å². The topological polar surface area (TPSA) is 57.3 Å². The van der Waals surface area contributed by atoms with Crippen molar-refractivity contribution in [3.8, 4) is 0 Å². The minimum Gasteiger partial charge on any atom is -0.302 e. The lowest BCUT2D eigenvalue weighted by Crippen LogP contribution is -2.37. The Morgan fingerprint density at radius 2 is 1.87 bits per heavy atom. The number of nitrogens with zero attached hydrogens (tertiary/aromatic N) is 1. The van der Waals surface area contributed by atoms with E-state index in [-0.39, 0.29) is 18.1 Å². The van der Waals surface area contributed by atoms with E-state index in [1.54, 1.807) is 6.92 Å². The fourth-order valence-electron chi connectivity index (χ4n) is 1.79. The van der Waals surface area contributed by atoms with Crippen molar-refractivity contribution in [2.24, 2.45) is 5.92 Å². The van der Waals surface area contributed by atoms with Crippen LogP contribution in [0.15, 0.2) is 0 Å². The van der Waals surface area contributed by atoms with Crippen LogP contribution in [0.4, 0.5) is 0 Å². The van der Waals surface area contributed by atoms with Crippen molar-refractivity contribution in [2.45, 2.75) is 19.8 Å². The number of hydrogen-bond donors (Lipinski definition) is 0. The molecule has 0 unspecified atom stereocenters. The van der Waals surface area contributed by atoms with Gasteiger partial charge in [0.1, 0.15) is 0 Å². The zero-order chi connectivity index (χ0) is 11.3. The van der Waals surface area contributed by atoms with Crippen LogP contribution in [0.2, 0.25) is 0 Å². The summed E-state index contributed by atoms with van der Waals surface area (Å²) in [6.45, 7) is 4.08. The first-order valence-electron chi connectivity index (χ1n) is 5.58. The zero-order valence-electron chi connectivity index (χ0n) is 9.31. The summed E-state index contributed by atoms with van der Waals surface area (Å²) < 4.78 is 22.6. The van der Waals surface area contributed by atoms with Gasteiger partial charge in [0.05, 0.1) is 12.4 Å². The van der Waals surface area contributed by atoms with Gasteiger partial charge in [0, 0.05) is 12.3 Å². The molecule has 0 saturated carbocycles. The fourth-order valence-corrected chi connectivity index (χ4v) is 2.61. The summed E-state index contributed by atoms with van der Waals surface area (Å²) in [5.41, 5.74) is 0. The number of rotatable bonds is 5. The van der Waals surface area contributed by atoms with E-state index in [9.17, 15) is 13.5 Å². The van der Waals surface area contributed by atoms with Crippen molar-refractivity contribution < 1.29 is 13.5 Å². The second-order valence-electron chi connectivity index (χ2n) is 4.19. The average Bonchev–Trinajstić information content (AvgIpc) is 2.27. The molecule has 0 atom stereocenters. The van der Waals surface area contributed by atoms with Crippen LogP contribution in [0, 0.1) is 5.92 Å². The van der Waals surface area contributed by atoms with E-state index in [1.165, 1.54) is 0 Å². The largest absolute Gasteiger partial charge is 0.302 e. The summed E-state index contributed by atoms with van der Waals surface area (Å²) in [4.78, 5) is 2.15. The van der Waals surface area contributed by atoms with Gasteiger partial charge in [0.15, 0.2) is 9.84 Å². The van der Waals surface area contributed by atoms with Gasteiger partial charge in [-0.25, -0.2) is 13.5 Å². The zero-order valence-corrected chi connectivity index (χ0v) is 10.1. The molecule has 0 aromatic heterocycles. The molecule has 0 amide bonds. The molecule has 0 N–H and O–H groups in total. The van der Waals surface area contributed by atoms with Gasteiger partial charge < -0.3 is 4.90 Å². The van der Waals surface area contributed by atoms with E-state index in [0.717, 1.165) is 25.9 Å². The predicted octanol–water partition coefficient (Wildman–Crippen LogP) is 0.564. The Kier molecular flexibility index (Phi) is 5.02. The van der Waals surface area contributed by atoms with Crippen LogP contribution in [0.5, 0.6) is 0 Å². The number of likely N-dealkylation sites (tertiary alicyclic amines) is 1. The molecule has 1 saturated heterocycles. The van der Waals surface area contributed by atoms with Gasteiger partial charge in [-0.1, -0.05) is 6.92 Å². The highest BCUT2D eigenvalue weighted by Gasteiger charge is 2.19. The molecule has 1 radical (unpaired) electrons. The smallest absolute Gasteiger partial charge is 0.151 e. The highest BCUT2D eigenvalue weighted by molar-refractivity contribution is 7.91. The Morgan fingerprint density at radius 1 is 1.27 bits per heavy atom. The molecule has 1 aliphatic heterocycles. The third-order valence-electron chi connectivity index (χ3n) is 3.10. The van der Waals surface area contributed by atoms with E-state index in [4.69, 9.17) is 0 Å². The lowest BCUT2D eigenvalue weighted by molar-refractivity contribution is 0.0937. The van der Waals surface area contributed by atoms with Crippen LogP contribution < -0.4 is 0 Å². The minimum absolute atomic E-state index is 0.0150. The van der Waals surface area contributed by atoms with Gasteiger partial charge in [-0.05, 0) is 31.8 Å². The first kappa shape index (κ1) is 12.9. The van der Waals surface area contributed by atoms with Gasteiger partial charge in [0.2, 0.25) is 0 Å². The Bertz CT molecular complexity index is 268. The molecule has 15 heavy (non-hydrogen) atoms. The van der Waals surface area contributed by atoms with Crippen molar-refractivity contribution in [1.29, 1.82) is 0 Å². The van der Waals surface area contributed by atoms with Crippen molar-refractivity contribution in [3.63, 3.8) is 0 Å². The molecule has 0 aliphatic carbocycles. The van der Waals surface area contributed by atoms with Crippen molar-refractivity contribution in [3.05, 3.63) is 0 Å². The molecule has 1 fully saturated rings. The van der Waals surface area contributed by atoms with Crippen LogP contribution >= 0.6 is 0 Å². The number of sulfone groups is 1. The molecule has 1 heterocycles. The van der Waals surface area contributed by atoms with Crippen LogP contribution in [0.3, 0.4) is 0 Å². The summed E-state index contributed by atoms with van der Waals surface area (Å²) in [6.07, 6.45) is 1.85. The third kappa shape index (κ3) is 4.49. The number of piperidine rings is 1. The monoisotopic (exact) mass is 234 g/mol. The first-order chi connectivity index (χ1) is 7.07. The van der Waals surface area contributed by atoms with Crippen LogP contribution in [0.25, 0.3) is 0 Å². The Hall–Kier alpha value is -0.130. The van der Waals surface area contributed by atoms with E-state index >= 15 is 0 Å². The fraction of sp³-hybridized carbons (Fsp3) is 1.00. The molecule has 1 rings (SSSR count). The summed E-state index contributed by atoms with van der Waals surface area (Å²) >= 11 is 0. The highest BCUT2D eigenvalue weighted by atomic mass is 32.2. The molecule has 0 spiro atoms. The lowest BCUT2D eigenvalue weighted by atomic mass is 9.98. The summed E-state index contributed by atoms with van der Waals surface area (Å²) in [5, 5.41) is 10.6. The van der Waals surface area contributed by atoms with E-state index < -0.39 is 9.84 Å². The van der Waals surface area contributed by atoms with Crippen LogP contribution in [-0.2, 0) is 14.9 Å². The Morgan fingerprint density at radius 3 is 2.33 bits per heavy atom. The van der Waals surface area contributed by atoms with Gasteiger partial charge in [0.25, 0.3) is 0 Å². The third-order valence-corrected chi connectivity index (χ3v) is 4.79. The Balaban J connectivity index is 2.25. The summed E-state index contributed by atoms with van der Waals surface area (Å²) in [7, 11) is -2.84. The maximum absolute atomic E-state index is 11.3. The minimum atomic E-state index is -2.84. The molecule has 5 heteroatoms. The molecular formula is C10H20NO3S. The van der Waals surface area contributed by atoms with Crippen molar-refractivity contribution in [1.82, 2.24) is 4.90 Å². The molecule has 89 valence electrons. The average molecular weight is 234 g/mol. The molecular weight excluding hydrogens is 214 g/mol. The van der Waals surface area contributed by atoms with Gasteiger partial charge >= 0.3 is 0 Å². The Labute approximate surface area is 92.2 Å². The standard InChI is InChI=1S/C10H20NO3S/c1-2-15(13,14)8-7-11-5-3-10(9-12)4-6-11/h10H,2-9H2,1H3. The van der Waals surface area contributed by atoms with Crippen LogP contribution in [-0.4, -0.2) is 51.1 Å². The number of hydrogen-bond acceptors (Lipinski definition) is 3. The van der Waals surface area contributed by atoms with E-state index in [0.29, 0.717) is 12.5 Å². The normalized spacial score (nSPS) is 20.7. The lowest BCUT2D eigenvalue weighted by Gasteiger charge is -2.30. The first-order valence-corrected chi connectivity index (χ1v) is 7.40. The van der Waals surface area contributed by atoms with Gasteiger partial charge in [-0.15, -0.1) is 0 Å². The quantitative estimate of drug-likeness (QED) is 0.698. The molecule has 0 aromatic rings. The SMILES string of the molecule is CCS(=O)(=O)CCN1CCC(C[O])CC1. The molecule has 0 aromatic carbocycles. The molecule has 0 bridgehead atoms. The van der Waals surface area contributed by atoms with E-state index in [1.807, 2.05) is 0 Å². The maximum Gasteiger partial charge on any atom is 0.151 e. The second kappa shape index (κ2) is 5.82. The van der Waals surface area contributed by atoms with E-state index in [2.05, 4.69) is 4.90 Å². The maximum atomic E-state index is 11.3. The summed E-state index contributed by atoms with van der Waals surface area (Å²) in [6, 6.07) is 0. The van der Waals surface area contributed by atoms with Gasteiger partial charge in [-0.3, -0.25) is 0 Å². The van der Waals surface area contributed by atoms with Gasteiger partial charge in [-0.2, -0.15) is 0 Å². The summed E-state index contributed by atoms with van der Waals surface area (Å²) in [5.74, 6) is 0.791. The van der Waals surface area contributed by atoms with Crippen LogP contribution in [0.1, 0.15) is 19.8 Å².